The lowest BCUT2D eigenvalue weighted by atomic mass is 9.84. The molecule has 2 rings (SSSR count). The van der Waals surface area contributed by atoms with Crippen LogP contribution in [0.5, 0.6) is 5.75 Å². The Bertz CT molecular complexity index is 513. The second kappa shape index (κ2) is 7.49. The maximum atomic E-state index is 8.71. The number of ether oxygens (including phenoxy) is 1. The zero-order valence-electron chi connectivity index (χ0n) is 13.1. The molecule has 3 heteroatoms. The fourth-order valence-corrected chi connectivity index (χ4v) is 2.83. The lowest BCUT2D eigenvalue weighted by Crippen LogP contribution is -2.41. The predicted molar refractivity (Wildman–Crippen MR) is 85.4 cm³/mol. The number of hydrogen-bond donors (Lipinski definition) is 1. The topological polar surface area (TPSA) is 32.7 Å². The van der Waals surface area contributed by atoms with Crippen molar-refractivity contribution in [2.75, 3.05) is 32.8 Å². The molecule has 0 atom stereocenters. The second-order valence-electron chi connectivity index (χ2n) is 6.38. The summed E-state index contributed by atoms with van der Waals surface area (Å²) in [7, 11) is 0. The third-order valence-corrected chi connectivity index (χ3v) is 3.80. The molecule has 0 saturated carbocycles. The molecular formula is C18H25NO2. The summed E-state index contributed by atoms with van der Waals surface area (Å²) in [4.78, 5) is 2.49. The van der Waals surface area contributed by atoms with Gasteiger partial charge in [-0.05, 0) is 43.0 Å². The molecule has 0 radical (unpaired) electrons. The van der Waals surface area contributed by atoms with Gasteiger partial charge >= 0.3 is 0 Å². The molecule has 1 aromatic carbocycles. The molecule has 1 N–H and O–H groups in total. The van der Waals surface area contributed by atoms with Crippen LogP contribution in [0.4, 0.5) is 0 Å². The third-order valence-electron chi connectivity index (χ3n) is 3.80. The number of aliphatic hydroxyl groups excluding tert-OH is 1. The fraction of sp³-hybridized carbons (Fsp3) is 0.556. The summed E-state index contributed by atoms with van der Waals surface area (Å²) in [6, 6.07) is 7.72. The van der Waals surface area contributed by atoms with E-state index >= 15 is 0 Å². The Morgan fingerprint density at radius 2 is 2.24 bits per heavy atom. The van der Waals surface area contributed by atoms with Gasteiger partial charge in [-0.25, -0.2) is 0 Å². The molecule has 0 amide bonds. The molecule has 1 aliphatic heterocycles. The highest BCUT2D eigenvalue weighted by Gasteiger charge is 2.25. The van der Waals surface area contributed by atoms with Gasteiger partial charge in [-0.1, -0.05) is 31.8 Å². The number of piperidine rings is 1. The number of aliphatic hydroxyl groups is 1. The van der Waals surface area contributed by atoms with Gasteiger partial charge in [0.1, 0.15) is 19.0 Å². The van der Waals surface area contributed by atoms with E-state index < -0.39 is 0 Å². The Morgan fingerprint density at radius 3 is 3.00 bits per heavy atom. The van der Waals surface area contributed by atoms with Crippen LogP contribution in [-0.2, 0) is 0 Å². The van der Waals surface area contributed by atoms with Gasteiger partial charge in [0.2, 0.25) is 0 Å². The monoisotopic (exact) mass is 287 g/mol. The van der Waals surface area contributed by atoms with E-state index in [0.717, 1.165) is 24.4 Å². The Hall–Kier alpha value is -1.50. The van der Waals surface area contributed by atoms with Crippen LogP contribution in [0, 0.1) is 17.3 Å². The smallest absolute Gasteiger partial charge is 0.120 e. The first-order valence-corrected chi connectivity index (χ1v) is 7.64. The number of hydrogen-bond acceptors (Lipinski definition) is 3. The first-order valence-electron chi connectivity index (χ1n) is 7.64. The normalized spacial score (nSPS) is 17.9. The van der Waals surface area contributed by atoms with Crippen LogP contribution in [0.2, 0.25) is 0 Å². The van der Waals surface area contributed by atoms with Gasteiger partial charge < -0.3 is 9.84 Å². The van der Waals surface area contributed by atoms with Gasteiger partial charge in [-0.3, -0.25) is 4.90 Å². The minimum atomic E-state index is -0.115. The van der Waals surface area contributed by atoms with Gasteiger partial charge in [-0.15, -0.1) is 0 Å². The van der Waals surface area contributed by atoms with Crippen molar-refractivity contribution in [2.24, 2.45) is 5.41 Å². The quantitative estimate of drug-likeness (QED) is 0.864. The molecule has 0 aromatic heterocycles. The van der Waals surface area contributed by atoms with Crippen LogP contribution in [0.25, 0.3) is 0 Å². The SMILES string of the molecule is CC1(C)CCCN(CCOc2cccc(C#CCO)c2)C1. The molecule has 0 spiro atoms. The van der Waals surface area contributed by atoms with Gasteiger partial charge in [0.05, 0.1) is 0 Å². The first kappa shape index (κ1) is 15.9. The third kappa shape index (κ3) is 5.41. The summed E-state index contributed by atoms with van der Waals surface area (Å²) < 4.78 is 5.83. The highest BCUT2D eigenvalue weighted by atomic mass is 16.5. The summed E-state index contributed by atoms with van der Waals surface area (Å²) in [5.74, 6) is 6.39. The molecule has 3 nitrogen and oxygen atoms in total. The molecule has 0 bridgehead atoms. The average molecular weight is 287 g/mol. The molecule has 0 unspecified atom stereocenters. The first-order chi connectivity index (χ1) is 10.1. The lowest BCUT2D eigenvalue weighted by Gasteiger charge is -2.37. The molecule has 114 valence electrons. The lowest BCUT2D eigenvalue weighted by molar-refractivity contribution is 0.102. The average Bonchev–Trinajstić information content (AvgIpc) is 2.45. The van der Waals surface area contributed by atoms with E-state index in [1.807, 2.05) is 24.3 Å². The predicted octanol–water partition coefficient (Wildman–Crippen LogP) is 2.53. The fourth-order valence-electron chi connectivity index (χ4n) is 2.83. The molecular weight excluding hydrogens is 262 g/mol. The molecule has 1 heterocycles. The number of nitrogens with zero attached hydrogens (tertiary/aromatic N) is 1. The van der Waals surface area contributed by atoms with Gasteiger partial charge in [0.15, 0.2) is 0 Å². The number of rotatable bonds is 4. The Labute approximate surface area is 127 Å². The maximum Gasteiger partial charge on any atom is 0.120 e. The largest absolute Gasteiger partial charge is 0.492 e. The van der Waals surface area contributed by atoms with Crippen molar-refractivity contribution in [1.82, 2.24) is 4.90 Å². The van der Waals surface area contributed by atoms with Crippen molar-refractivity contribution in [3.8, 4) is 17.6 Å². The van der Waals surface area contributed by atoms with Crippen LogP contribution in [-0.4, -0.2) is 42.9 Å². The Morgan fingerprint density at radius 1 is 1.38 bits per heavy atom. The molecule has 0 aliphatic carbocycles. The highest BCUT2D eigenvalue weighted by Crippen LogP contribution is 2.28. The summed E-state index contributed by atoms with van der Waals surface area (Å²) in [5.41, 5.74) is 1.30. The molecule has 1 aliphatic rings. The van der Waals surface area contributed by atoms with Gasteiger partial charge in [-0.2, -0.15) is 0 Å². The van der Waals surface area contributed by atoms with E-state index in [9.17, 15) is 0 Å². The summed E-state index contributed by atoms with van der Waals surface area (Å²) >= 11 is 0. The minimum Gasteiger partial charge on any atom is -0.492 e. The highest BCUT2D eigenvalue weighted by molar-refractivity contribution is 5.39. The van der Waals surface area contributed by atoms with E-state index in [0.29, 0.717) is 12.0 Å². The van der Waals surface area contributed by atoms with Crippen molar-refractivity contribution in [1.29, 1.82) is 0 Å². The van der Waals surface area contributed by atoms with E-state index in [1.165, 1.54) is 19.4 Å². The van der Waals surface area contributed by atoms with Crippen LogP contribution in [0.1, 0.15) is 32.3 Å². The van der Waals surface area contributed by atoms with E-state index in [4.69, 9.17) is 9.84 Å². The van der Waals surface area contributed by atoms with Crippen molar-refractivity contribution >= 4 is 0 Å². The molecule has 1 aromatic rings. The zero-order valence-corrected chi connectivity index (χ0v) is 13.1. The summed E-state index contributed by atoms with van der Waals surface area (Å²) in [5, 5.41) is 8.71. The number of likely N-dealkylation sites (tertiary alicyclic amines) is 1. The Balaban J connectivity index is 1.80. The molecule has 1 saturated heterocycles. The van der Waals surface area contributed by atoms with Crippen molar-refractivity contribution in [3.05, 3.63) is 29.8 Å². The summed E-state index contributed by atoms with van der Waals surface area (Å²) in [6.07, 6.45) is 2.59. The van der Waals surface area contributed by atoms with Gasteiger partial charge in [0, 0.05) is 18.7 Å². The minimum absolute atomic E-state index is 0.115. The molecule has 21 heavy (non-hydrogen) atoms. The standard InChI is InChI=1S/C18H25NO2/c1-18(2)9-5-10-19(15-18)11-13-21-17-8-3-6-16(14-17)7-4-12-20/h3,6,8,14,20H,5,9-13,15H2,1-2H3. The van der Waals surface area contributed by atoms with Crippen LogP contribution >= 0.6 is 0 Å². The molecule has 1 fully saturated rings. The maximum absolute atomic E-state index is 8.71. The number of benzene rings is 1. The van der Waals surface area contributed by atoms with E-state index in [2.05, 4.69) is 30.6 Å². The van der Waals surface area contributed by atoms with Crippen molar-refractivity contribution < 1.29 is 9.84 Å². The Kier molecular flexibility index (Phi) is 5.67. The van der Waals surface area contributed by atoms with Crippen molar-refractivity contribution in [3.63, 3.8) is 0 Å². The van der Waals surface area contributed by atoms with Crippen molar-refractivity contribution in [2.45, 2.75) is 26.7 Å². The van der Waals surface area contributed by atoms with Crippen LogP contribution < -0.4 is 4.74 Å². The van der Waals surface area contributed by atoms with E-state index in [-0.39, 0.29) is 6.61 Å². The van der Waals surface area contributed by atoms with E-state index in [1.54, 1.807) is 0 Å². The van der Waals surface area contributed by atoms with Gasteiger partial charge in [0.25, 0.3) is 0 Å². The van der Waals surface area contributed by atoms with Crippen LogP contribution in [0.15, 0.2) is 24.3 Å². The zero-order chi connectivity index (χ0) is 15.1. The van der Waals surface area contributed by atoms with Crippen LogP contribution in [0.3, 0.4) is 0 Å². The summed E-state index contributed by atoms with van der Waals surface area (Å²) in [6.45, 7) is 8.55. The second-order valence-corrected chi connectivity index (χ2v) is 6.38.